The zero-order chi connectivity index (χ0) is 9.45. The molecule has 0 heterocycles. The van der Waals surface area contributed by atoms with Gasteiger partial charge >= 0.3 is 0 Å². The van der Waals surface area contributed by atoms with Gasteiger partial charge in [-0.25, -0.2) is 8.42 Å². The molecule has 72 valence electrons. The molecule has 0 aromatic rings. The molecular formula is C8H16O3S. The lowest BCUT2D eigenvalue weighted by Crippen LogP contribution is -2.10. The highest BCUT2D eigenvalue weighted by Crippen LogP contribution is 2.00. The number of unbranched alkanes of at least 4 members (excludes halogenated alkanes) is 2. The van der Waals surface area contributed by atoms with Crippen LogP contribution in [-0.4, -0.2) is 26.2 Å². The van der Waals surface area contributed by atoms with Crippen molar-refractivity contribution >= 4 is 16.1 Å². The van der Waals surface area contributed by atoms with Gasteiger partial charge in [-0.3, -0.25) is 0 Å². The van der Waals surface area contributed by atoms with Crippen LogP contribution in [0.4, 0.5) is 0 Å². The molecule has 0 aromatic carbocycles. The molecule has 0 aromatic heterocycles. The summed E-state index contributed by atoms with van der Waals surface area (Å²) in [7, 11) is -2.83. The van der Waals surface area contributed by atoms with E-state index in [0.29, 0.717) is 25.7 Å². The number of hydrogen-bond acceptors (Lipinski definition) is 3. The van der Waals surface area contributed by atoms with Crippen LogP contribution in [0.15, 0.2) is 0 Å². The minimum absolute atomic E-state index is 0.231. The Hall–Kier alpha value is -0.380. The Morgan fingerprint density at radius 2 is 1.83 bits per heavy atom. The van der Waals surface area contributed by atoms with Crippen molar-refractivity contribution in [2.24, 2.45) is 0 Å². The van der Waals surface area contributed by atoms with Gasteiger partial charge in [0.1, 0.15) is 16.1 Å². The molecule has 0 spiro atoms. The first-order valence-electron chi connectivity index (χ1n) is 4.26. The molecule has 0 aliphatic rings. The molecule has 0 aliphatic heterocycles. The van der Waals surface area contributed by atoms with Gasteiger partial charge in [-0.15, -0.1) is 0 Å². The topological polar surface area (TPSA) is 51.2 Å². The van der Waals surface area contributed by atoms with Crippen LogP contribution in [0.3, 0.4) is 0 Å². The third-order valence-electron chi connectivity index (χ3n) is 1.54. The van der Waals surface area contributed by atoms with E-state index in [1.807, 2.05) is 6.92 Å². The fourth-order valence-corrected chi connectivity index (χ4v) is 2.43. The van der Waals surface area contributed by atoms with Crippen LogP contribution in [0.25, 0.3) is 0 Å². The Morgan fingerprint density at radius 3 is 2.33 bits per heavy atom. The predicted molar refractivity (Wildman–Crippen MR) is 48.9 cm³/mol. The maximum Gasteiger partial charge on any atom is 0.150 e. The van der Waals surface area contributed by atoms with Gasteiger partial charge < -0.3 is 4.79 Å². The molecule has 4 heteroatoms. The molecule has 0 radical (unpaired) electrons. The lowest BCUT2D eigenvalue weighted by atomic mass is 10.3. The van der Waals surface area contributed by atoms with E-state index in [2.05, 4.69) is 0 Å². The predicted octanol–water partition coefficient (Wildman–Crippen LogP) is 1.18. The first kappa shape index (κ1) is 11.6. The summed E-state index contributed by atoms with van der Waals surface area (Å²) in [6.07, 6.45) is 3.28. The molecule has 12 heavy (non-hydrogen) atoms. The van der Waals surface area contributed by atoms with Gasteiger partial charge in [-0.05, 0) is 19.3 Å². The Kier molecular flexibility index (Phi) is 5.98. The highest BCUT2D eigenvalue weighted by Gasteiger charge is 2.07. The molecule has 0 unspecified atom stereocenters. The SMILES string of the molecule is CCCS(=O)(=O)CCCCC=O. The highest BCUT2D eigenvalue weighted by molar-refractivity contribution is 7.91. The molecule has 0 N–H and O–H groups in total. The third kappa shape index (κ3) is 6.34. The number of sulfone groups is 1. The van der Waals surface area contributed by atoms with Crippen molar-refractivity contribution in [2.45, 2.75) is 32.6 Å². The van der Waals surface area contributed by atoms with E-state index >= 15 is 0 Å². The van der Waals surface area contributed by atoms with Gasteiger partial charge in [0.25, 0.3) is 0 Å². The van der Waals surface area contributed by atoms with Gasteiger partial charge in [0.2, 0.25) is 0 Å². The standard InChI is InChI=1S/C8H16O3S/c1-2-7-12(10,11)8-5-3-4-6-9/h6H,2-5,7-8H2,1H3. The fraction of sp³-hybridized carbons (Fsp3) is 0.875. The molecule has 0 amide bonds. The highest BCUT2D eigenvalue weighted by atomic mass is 32.2. The lowest BCUT2D eigenvalue weighted by Gasteiger charge is -2.00. The van der Waals surface area contributed by atoms with Crippen LogP contribution < -0.4 is 0 Å². The number of carbonyl (C=O) groups is 1. The van der Waals surface area contributed by atoms with Gasteiger partial charge in [-0.2, -0.15) is 0 Å². The van der Waals surface area contributed by atoms with E-state index in [9.17, 15) is 13.2 Å². The van der Waals surface area contributed by atoms with Crippen LogP contribution in [0.1, 0.15) is 32.6 Å². The van der Waals surface area contributed by atoms with Crippen LogP contribution >= 0.6 is 0 Å². The van der Waals surface area contributed by atoms with Crippen molar-refractivity contribution in [3.8, 4) is 0 Å². The van der Waals surface area contributed by atoms with Crippen LogP contribution in [0.2, 0.25) is 0 Å². The first-order chi connectivity index (χ1) is 5.62. The second-order valence-electron chi connectivity index (χ2n) is 2.81. The van der Waals surface area contributed by atoms with Crippen molar-refractivity contribution in [3.63, 3.8) is 0 Å². The van der Waals surface area contributed by atoms with Crippen LogP contribution in [-0.2, 0) is 14.6 Å². The van der Waals surface area contributed by atoms with E-state index in [0.717, 1.165) is 6.29 Å². The largest absolute Gasteiger partial charge is 0.303 e. The maximum atomic E-state index is 11.1. The van der Waals surface area contributed by atoms with Crippen molar-refractivity contribution < 1.29 is 13.2 Å². The summed E-state index contributed by atoms with van der Waals surface area (Å²) in [4.78, 5) is 9.91. The quantitative estimate of drug-likeness (QED) is 0.449. The number of rotatable bonds is 7. The minimum Gasteiger partial charge on any atom is -0.303 e. The minimum atomic E-state index is -2.83. The first-order valence-corrected chi connectivity index (χ1v) is 6.08. The summed E-state index contributed by atoms with van der Waals surface area (Å²) in [5, 5.41) is 0. The van der Waals surface area contributed by atoms with Crippen molar-refractivity contribution in [1.29, 1.82) is 0 Å². The summed E-state index contributed by atoms with van der Waals surface area (Å²) in [5.41, 5.74) is 0. The average Bonchev–Trinajstić information content (AvgIpc) is 1.98. The normalized spacial score (nSPS) is 11.4. The second kappa shape index (κ2) is 6.17. The maximum absolute atomic E-state index is 11.1. The summed E-state index contributed by atoms with van der Waals surface area (Å²) in [5.74, 6) is 0.503. The molecule has 0 bridgehead atoms. The summed E-state index contributed by atoms with van der Waals surface area (Å²) >= 11 is 0. The second-order valence-corrected chi connectivity index (χ2v) is 5.12. The molecular weight excluding hydrogens is 176 g/mol. The van der Waals surface area contributed by atoms with Crippen molar-refractivity contribution in [3.05, 3.63) is 0 Å². The Balaban J connectivity index is 3.54. The number of aldehydes is 1. The summed E-state index contributed by atoms with van der Waals surface area (Å²) in [6.45, 7) is 1.85. The molecule has 0 aliphatic carbocycles. The molecule has 0 saturated heterocycles. The van der Waals surface area contributed by atoms with E-state index in [1.54, 1.807) is 0 Å². The van der Waals surface area contributed by atoms with E-state index in [4.69, 9.17) is 0 Å². The van der Waals surface area contributed by atoms with Crippen molar-refractivity contribution in [1.82, 2.24) is 0 Å². The monoisotopic (exact) mass is 192 g/mol. The van der Waals surface area contributed by atoms with Gasteiger partial charge in [-0.1, -0.05) is 6.92 Å². The number of hydrogen-bond donors (Lipinski definition) is 0. The zero-order valence-electron chi connectivity index (χ0n) is 7.45. The smallest absolute Gasteiger partial charge is 0.150 e. The van der Waals surface area contributed by atoms with Crippen LogP contribution in [0, 0.1) is 0 Å². The molecule has 3 nitrogen and oxygen atoms in total. The molecule has 0 rings (SSSR count). The molecule has 0 atom stereocenters. The molecule has 0 fully saturated rings. The fourth-order valence-electron chi connectivity index (χ4n) is 0.963. The lowest BCUT2D eigenvalue weighted by molar-refractivity contribution is -0.107. The summed E-state index contributed by atoms with van der Waals surface area (Å²) < 4.78 is 22.2. The van der Waals surface area contributed by atoms with Crippen molar-refractivity contribution in [2.75, 3.05) is 11.5 Å². The Morgan fingerprint density at radius 1 is 1.17 bits per heavy atom. The van der Waals surface area contributed by atoms with Gasteiger partial charge in [0, 0.05) is 12.2 Å². The average molecular weight is 192 g/mol. The third-order valence-corrected chi connectivity index (χ3v) is 3.48. The van der Waals surface area contributed by atoms with Gasteiger partial charge in [0.05, 0.1) is 5.75 Å². The summed E-state index contributed by atoms with van der Waals surface area (Å²) in [6, 6.07) is 0. The van der Waals surface area contributed by atoms with Crippen LogP contribution in [0.5, 0.6) is 0 Å². The Labute approximate surface area is 74.1 Å². The Bertz CT molecular complexity index is 206. The van der Waals surface area contributed by atoms with E-state index in [1.165, 1.54) is 0 Å². The van der Waals surface area contributed by atoms with E-state index < -0.39 is 9.84 Å². The molecule has 0 saturated carbocycles. The number of carbonyl (C=O) groups excluding carboxylic acids is 1. The van der Waals surface area contributed by atoms with E-state index in [-0.39, 0.29) is 11.5 Å². The van der Waals surface area contributed by atoms with Gasteiger partial charge in [0.15, 0.2) is 0 Å². The zero-order valence-corrected chi connectivity index (χ0v) is 8.27.